The molecule has 0 aromatic rings. The van der Waals surface area contributed by atoms with Gasteiger partial charge in [-0.3, -0.25) is 9.80 Å². The second-order valence-electron chi connectivity index (χ2n) is 5.81. The maximum absolute atomic E-state index is 3.50. The maximum Gasteiger partial charge on any atom is 0.0220 e. The van der Waals surface area contributed by atoms with E-state index in [-0.39, 0.29) is 0 Å². The van der Waals surface area contributed by atoms with E-state index in [0.29, 0.717) is 12.1 Å². The Hall–Kier alpha value is -0.120. The highest BCUT2D eigenvalue weighted by atomic mass is 15.3. The molecule has 94 valence electrons. The van der Waals surface area contributed by atoms with Gasteiger partial charge in [0.1, 0.15) is 0 Å². The van der Waals surface area contributed by atoms with E-state index in [1.165, 1.54) is 32.5 Å². The first kappa shape index (κ1) is 12.3. The molecule has 1 N–H and O–H groups in total. The predicted molar refractivity (Wildman–Crippen MR) is 68.7 cm³/mol. The molecule has 1 saturated carbocycles. The minimum Gasteiger partial charge on any atom is -0.315 e. The molecule has 0 aromatic heterocycles. The van der Waals surface area contributed by atoms with Crippen molar-refractivity contribution in [1.82, 2.24) is 15.1 Å². The number of likely N-dealkylation sites (N-methyl/N-ethyl adjacent to an activating group) is 2. The topological polar surface area (TPSA) is 18.5 Å². The number of piperazine rings is 1. The lowest BCUT2D eigenvalue weighted by atomic mass is 10.1. The van der Waals surface area contributed by atoms with E-state index in [2.05, 4.69) is 43.1 Å². The molecule has 0 spiro atoms. The van der Waals surface area contributed by atoms with E-state index in [9.17, 15) is 0 Å². The monoisotopic (exact) mass is 225 g/mol. The van der Waals surface area contributed by atoms with Crippen molar-refractivity contribution in [3.63, 3.8) is 0 Å². The summed E-state index contributed by atoms with van der Waals surface area (Å²) in [4.78, 5) is 5.15. The molecule has 1 aliphatic heterocycles. The van der Waals surface area contributed by atoms with E-state index < -0.39 is 0 Å². The molecule has 3 heteroatoms. The third-order valence-corrected chi connectivity index (χ3v) is 4.45. The van der Waals surface area contributed by atoms with Gasteiger partial charge in [-0.05, 0) is 46.7 Å². The maximum atomic E-state index is 3.50. The summed E-state index contributed by atoms with van der Waals surface area (Å²) in [6.07, 6.45) is 2.87. The molecule has 3 unspecified atom stereocenters. The lowest BCUT2D eigenvalue weighted by molar-refractivity contribution is 0.0533. The van der Waals surface area contributed by atoms with Crippen LogP contribution in [0.2, 0.25) is 0 Å². The third-order valence-electron chi connectivity index (χ3n) is 4.45. The van der Waals surface area contributed by atoms with Gasteiger partial charge in [0.2, 0.25) is 0 Å². The first-order chi connectivity index (χ1) is 7.61. The van der Waals surface area contributed by atoms with Gasteiger partial charge < -0.3 is 5.32 Å². The number of rotatable bonds is 4. The van der Waals surface area contributed by atoms with Crippen molar-refractivity contribution in [2.24, 2.45) is 5.92 Å². The van der Waals surface area contributed by atoms with Crippen LogP contribution in [0, 0.1) is 5.92 Å². The molecule has 3 atom stereocenters. The lowest BCUT2D eigenvalue weighted by Gasteiger charge is -2.43. The molecule has 3 nitrogen and oxygen atoms in total. The highest BCUT2D eigenvalue weighted by Gasteiger charge is 2.33. The Labute approximate surface area is 100 Å². The van der Waals surface area contributed by atoms with Crippen LogP contribution in [0.4, 0.5) is 0 Å². The summed E-state index contributed by atoms with van der Waals surface area (Å²) in [7, 11) is 4.37. The largest absolute Gasteiger partial charge is 0.315 e. The zero-order valence-electron chi connectivity index (χ0n) is 11.2. The van der Waals surface area contributed by atoms with Gasteiger partial charge in [-0.2, -0.15) is 0 Å². The highest BCUT2D eigenvalue weighted by molar-refractivity contribution is 4.90. The van der Waals surface area contributed by atoms with E-state index >= 15 is 0 Å². The van der Waals surface area contributed by atoms with Gasteiger partial charge in [-0.25, -0.2) is 0 Å². The fourth-order valence-corrected chi connectivity index (χ4v) is 2.92. The number of nitrogens with zero attached hydrogens (tertiary/aromatic N) is 2. The average Bonchev–Trinajstić information content (AvgIpc) is 3.06. The smallest absolute Gasteiger partial charge is 0.0220 e. The molecule has 0 amide bonds. The fraction of sp³-hybridized carbons (Fsp3) is 1.00. The van der Waals surface area contributed by atoms with Crippen LogP contribution in [-0.4, -0.2) is 61.7 Å². The van der Waals surface area contributed by atoms with Crippen LogP contribution in [0.3, 0.4) is 0 Å². The standard InChI is InChI=1S/C13H27N3/c1-10-7-16(8-11(2)15(10)4)9-13(14-3)12-5-6-12/h10-14H,5-9H2,1-4H3. The Morgan fingerprint density at radius 2 is 1.75 bits per heavy atom. The first-order valence-electron chi connectivity index (χ1n) is 6.73. The summed E-state index contributed by atoms with van der Waals surface area (Å²) < 4.78 is 0. The van der Waals surface area contributed by atoms with Crippen molar-refractivity contribution in [2.75, 3.05) is 33.7 Å². The molecule has 16 heavy (non-hydrogen) atoms. The summed E-state index contributed by atoms with van der Waals surface area (Å²) in [5, 5.41) is 3.50. The normalized spacial score (nSPS) is 35.2. The minimum atomic E-state index is 0.695. The van der Waals surface area contributed by atoms with Gasteiger partial charge >= 0.3 is 0 Å². The Kier molecular flexibility index (Phi) is 3.88. The fourth-order valence-electron chi connectivity index (χ4n) is 2.92. The van der Waals surface area contributed by atoms with Crippen LogP contribution in [0.25, 0.3) is 0 Å². The molecule has 0 radical (unpaired) electrons. The van der Waals surface area contributed by atoms with Gasteiger partial charge in [0.05, 0.1) is 0 Å². The van der Waals surface area contributed by atoms with E-state index in [0.717, 1.165) is 12.0 Å². The lowest BCUT2D eigenvalue weighted by Crippen LogP contribution is -2.57. The quantitative estimate of drug-likeness (QED) is 0.770. The van der Waals surface area contributed by atoms with Crippen LogP contribution >= 0.6 is 0 Å². The van der Waals surface area contributed by atoms with Crippen molar-refractivity contribution < 1.29 is 0 Å². The Bertz CT molecular complexity index is 215. The molecule has 2 fully saturated rings. The summed E-state index contributed by atoms with van der Waals surface area (Å²) in [6.45, 7) is 8.38. The number of hydrogen-bond acceptors (Lipinski definition) is 3. The van der Waals surface area contributed by atoms with Crippen molar-refractivity contribution in [3.05, 3.63) is 0 Å². The minimum absolute atomic E-state index is 0.695. The van der Waals surface area contributed by atoms with E-state index in [4.69, 9.17) is 0 Å². The van der Waals surface area contributed by atoms with Crippen LogP contribution in [0.15, 0.2) is 0 Å². The van der Waals surface area contributed by atoms with Crippen molar-refractivity contribution >= 4 is 0 Å². The van der Waals surface area contributed by atoms with E-state index in [1.807, 2.05) is 0 Å². The molecule has 2 rings (SSSR count). The van der Waals surface area contributed by atoms with Crippen molar-refractivity contribution in [3.8, 4) is 0 Å². The summed E-state index contributed by atoms with van der Waals surface area (Å²) in [5.41, 5.74) is 0. The molecular weight excluding hydrogens is 198 g/mol. The Morgan fingerprint density at radius 1 is 1.19 bits per heavy atom. The van der Waals surface area contributed by atoms with Gasteiger partial charge in [0.15, 0.2) is 0 Å². The van der Waals surface area contributed by atoms with E-state index in [1.54, 1.807) is 0 Å². The summed E-state index contributed by atoms with van der Waals surface area (Å²) in [5.74, 6) is 0.954. The second-order valence-corrected chi connectivity index (χ2v) is 5.81. The van der Waals surface area contributed by atoms with Crippen molar-refractivity contribution in [2.45, 2.75) is 44.8 Å². The van der Waals surface area contributed by atoms with Crippen molar-refractivity contribution in [1.29, 1.82) is 0 Å². The Balaban J connectivity index is 1.85. The molecular formula is C13H27N3. The van der Waals surface area contributed by atoms with Crippen LogP contribution < -0.4 is 5.32 Å². The second kappa shape index (κ2) is 5.03. The van der Waals surface area contributed by atoms with Gasteiger partial charge in [-0.1, -0.05) is 0 Å². The third kappa shape index (κ3) is 2.76. The molecule has 0 aromatic carbocycles. The SMILES string of the molecule is CNC(CN1CC(C)N(C)C(C)C1)C1CC1. The average molecular weight is 225 g/mol. The molecule has 1 aliphatic carbocycles. The zero-order valence-corrected chi connectivity index (χ0v) is 11.2. The predicted octanol–water partition coefficient (Wildman–Crippen LogP) is 1.01. The van der Waals surface area contributed by atoms with Gasteiger partial charge in [0.25, 0.3) is 0 Å². The van der Waals surface area contributed by atoms with Gasteiger partial charge in [-0.15, -0.1) is 0 Å². The molecule has 2 aliphatic rings. The number of nitrogens with one attached hydrogen (secondary N) is 1. The van der Waals surface area contributed by atoms with Crippen LogP contribution in [-0.2, 0) is 0 Å². The molecule has 0 bridgehead atoms. The van der Waals surface area contributed by atoms with Crippen LogP contribution in [0.5, 0.6) is 0 Å². The molecule has 1 saturated heterocycles. The Morgan fingerprint density at radius 3 is 2.19 bits per heavy atom. The molecule has 1 heterocycles. The zero-order chi connectivity index (χ0) is 11.7. The summed E-state index contributed by atoms with van der Waals surface area (Å²) >= 11 is 0. The van der Waals surface area contributed by atoms with Gasteiger partial charge in [0, 0.05) is 37.8 Å². The highest BCUT2D eigenvalue weighted by Crippen LogP contribution is 2.33. The van der Waals surface area contributed by atoms with Crippen LogP contribution in [0.1, 0.15) is 26.7 Å². The summed E-state index contributed by atoms with van der Waals surface area (Å²) in [6, 6.07) is 2.11. The first-order valence-corrected chi connectivity index (χ1v) is 6.73. The number of hydrogen-bond donors (Lipinski definition) is 1.